The number of sulfonamides is 1. The van der Waals surface area contributed by atoms with E-state index in [0.717, 1.165) is 12.1 Å². The molecule has 0 fully saturated rings. The van der Waals surface area contributed by atoms with Crippen LogP contribution in [0, 0.1) is 23.0 Å². The first-order valence-corrected chi connectivity index (χ1v) is 8.83. The molecule has 5 nitrogen and oxygen atoms in total. The zero-order valence-corrected chi connectivity index (χ0v) is 14.0. The fourth-order valence-electron chi connectivity index (χ4n) is 2.56. The molecule has 0 unspecified atom stereocenters. The Hall–Kier alpha value is -3.15. The second kappa shape index (κ2) is 6.63. The smallest absolute Gasteiger partial charge is 0.243 e. The maximum Gasteiger partial charge on any atom is 0.243 e. The summed E-state index contributed by atoms with van der Waals surface area (Å²) in [6, 6.07) is 13.5. The molecule has 0 radical (unpaired) electrons. The number of pyridine rings is 1. The van der Waals surface area contributed by atoms with E-state index < -0.39 is 26.6 Å². The van der Waals surface area contributed by atoms with Crippen LogP contribution in [-0.2, 0) is 10.0 Å². The normalized spacial score (nSPS) is 11.2. The maximum absolute atomic E-state index is 14.2. The van der Waals surface area contributed by atoms with E-state index in [1.54, 1.807) is 36.4 Å². The number of rotatable bonds is 3. The summed E-state index contributed by atoms with van der Waals surface area (Å²) in [4.78, 5) is 3.06. The Kier molecular flexibility index (Phi) is 4.50. The molecule has 0 amide bonds. The molecule has 8 heteroatoms. The molecule has 0 bridgehead atoms. The lowest BCUT2D eigenvalue weighted by molar-refractivity contribution is 0.520. The lowest BCUT2D eigenvalue weighted by Crippen LogP contribution is -2.16. The van der Waals surface area contributed by atoms with Crippen LogP contribution in [-0.4, -0.2) is 13.4 Å². The van der Waals surface area contributed by atoms with Crippen molar-refractivity contribution < 1.29 is 17.2 Å². The average Bonchev–Trinajstić information content (AvgIpc) is 2.60. The van der Waals surface area contributed by atoms with Gasteiger partial charge in [-0.1, -0.05) is 18.2 Å². The molecule has 0 saturated carbocycles. The van der Waals surface area contributed by atoms with Crippen molar-refractivity contribution in [1.29, 1.82) is 5.26 Å². The molecule has 2 aromatic carbocycles. The zero-order chi connectivity index (χ0) is 18.9. The van der Waals surface area contributed by atoms with E-state index in [1.807, 2.05) is 6.07 Å². The molecule has 1 heterocycles. The van der Waals surface area contributed by atoms with Crippen LogP contribution >= 0.6 is 0 Å². The maximum atomic E-state index is 14.2. The molecule has 0 atom stereocenters. The van der Waals surface area contributed by atoms with Gasteiger partial charge in [0.1, 0.15) is 11.6 Å². The first-order valence-electron chi connectivity index (χ1n) is 7.29. The molecule has 0 aliphatic heterocycles. The number of nitrogens with two attached hydrogens (primary N) is 1. The highest BCUT2D eigenvalue weighted by molar-refractivity contribution is 7.89. The van der Waals surface area contributed by atoms with Gasteiger partial charge in [0.2, 0.25) is 10.0 Å². The third-order valence-corrected chi connectivity index (χ3v) is 4.65. The number of nitriles is 1. The van der Waals surface area contributed by atoms with E-state index in [2.05, 4.69) is 4.98 Å². The van der Waals surface area contributed by atoms with Crippen LogP contribution in [0.15, 0.2) is 59.6 Å². The molecule has 130 valence electrons. The highest BCUT2D eigenvalue weighted by Crippen LogP contribution is 2.33. The molecule has 0 aliphatic carbocycles. The molecular formula is C18H11F2N3O2S. The molecule has 3 rings (SSSR count). The average molecular weight is 371 g/mol. The number of hydrogen-bond acceptors (Lipinski definition) is 4. The Morgan fingerprint density at radius 2 is 1.62 bits per heavy atom. The zero-order valence-electron chi connectivity index (χ0n) is 13.1. The summed E-state index contributed by atoms with van der Waals surface area (Å²) in [5, 5.41) is 13.7. The predicted octanol–water partition coefficient (Wildman–Crippen LogP) is 3.21. The Morgan fingerprint density at radius 1 is 1.00 bits per heavy atom. The molecule has 26 heavy (non-hydrogen) atoms. The van der Waals surface area contributed by atoms with Crippen LogP contribution in [0.1, 0.15) is 5.56 Å². The summed E-state index contributed by atoms with van der Waals surface area (Å²) in [6.45, 7) is 0. The second-order valence-corrected chi connectivity index (χ2v) is 6.90. The van der Waals surface area contributed by atoms with Crippen LogP contribution in [0.2, 0.25) is 0 Å². The van der Waals surface area contributed by atoms with E-state index in [-0.39, 0.29) is 5.56 Å². The van der Waals surface area contributed by atoms with Gasteiger partial charge in [-0.25, -0.2) is 22.3 Å². The molecule has 1 aromatic heterocycles. The summed E-state index contributed by atoms with van der Waals surface area (Å²) in [6.07, 6.45) is 1.52. The van der Waals surface area contributed by atoms with Gasteiger partial charge in [-0.3, -0.25) is 4.98 Å². The first kappa shape index (κ1) is 17.7. The summed E-state index contributed by atoms with van der Waals surface area (Å²) < 4.78 is 51.0. The van der Waals surface area contributed by atoms with Gasteiger partial charge in [-0.15, -0.1) is 0 Å². The Bertz CT molecular complexity index is 1110. The van der Waals surface area contributed by atoms with Crippen molar-refractivity contribution in [2.75, 3.05) is 0 Å². The minimum Gasteiger partial charge on any atom is -0.256 e. The number of benzene rings is 2. The van der Waals surface area contributed by atoms with Gasteiger partial charge in [-0.05, 0) is 35.9 Å². The molecular weight excluding hydrogens is 360 g/mol. The van der Waals surface area contributed by atoms with Crippen molar-refractivity contribution in [2.45, 2.75) is 4.90 Å². The molecule has 0 spiro atoms. The van der Waals surface area contributed by atoms with Crippen molar-refractivity contribution in [1.82, 2.24) is 4.98 Å². The summed E-state index contributed by atoms with van der Waals surface area (Å²) >= 11 is 0. The van der Waals surface area contributed by atoms with E-state index in [1.165, 1.54) is 6.20 Å². The fraction of sp³-hybridized carbons (Fsp3) is 0. The topological polar surface area (TPSA) is 96.8 Å². The minimum absolute atomic E-state index is 0.111. The first-order chi connectivity index (χ1) is 12.3. The highest BCUT2D eigenvalue weighted by atomic mass is 32.2. The van der Waals surface area contributed by atoms with Crippen LogP contribution in [0.3, 0.4) is 0 Å². The Labute approximate surface area is 148 Å². The van der Waals surface area contributed by atoms with E-state index in [4.69, 9.17) is 10.4 Å². The quantitative estimate of drug-likeness (QED) is 0.764. The van der Waals surface area contributed by atoms with Crippen LogP contribution in [0.4, 0.5) is 8.78 Å². The van der Waals surface area contributed by atoms with Crippen molar-refractivity contribution in [3.8, 4) is 28.5 Å². The molecule has 2 N–H and O–H groups in total. The third kappa shape index (κ3) is 3.31. The molecule has 3 aromatic rings. The second-order valence-electron chi connectivity index (χ2n) is 5.40. The van der Waals surface area contributed by atoms with Gasteiger partial charge < -0.3 is 0 Å². The van der Waals surface area contributed by atoms with Crippen molar-refractivity contribution in [3.05, 3.63) is 71.9 Å². The van der Waals surface area contributed by atoms with Crippen molar-refractivity contribution >= 4 is 10.0 Å². The van der Waals surface area contributed by atoms with E-state index in [9.17, 15) is 17.2 Å². The lowest BCUT2D eigenvalue weighted by atomic mass is 9.98. The Morgan fingerprint density at radius 3 is 2.15 bits per heavy atom. The monoisotopic (exact) mass is 371 g/mol. The standard InChI is InChI=1S/C18H11F2N3O2S/c19-15-8-13(9-16(20)18(15)26(22,24)25)14-2-1-7-23-17(14)12-5-3-11(10-21)4-6-12/h1-9H,(H2,22,24,25). The number of aromatic nitrogens is 1. The van der Waals surface area contributed by atoms with Gasteiger partial charge in [0.25, 0.3) is 0 Å². The van der Waals surface area contributed by atoms with E-state index >= 15 is 0 Å². The van der Waals surface area contributed by atoms with Gasteiger partial charge in [0.05, 0.1) is 17.3 Å². The fourth-order valence-corrected chi connectivity index (χ4v) is 3.22. The predicted molar refractivity (Wildman–Crippen MR) is 91.1 cm³/mol. The number of nitrogens with zero attached hydrogens (tertiary/aromatic N) is 2. The van der Waals surface area contributed by atoms with Gasteiger partial charge >= 0.3 is 0 Å². The van der Waals surface area contributed by atoms with Crippen LogP contribution < -0.4 is 5.14 Å². The number of halogens is 2. The van der Waals surface area contributed by atoms with Gasteiger partial charge in [0.15, 0.2) is 4.90 Å². The van der Waals surface area contributed by atoms with Gasteiger partial charge in [0, 0.05) is 17.3 Å². The van der Waals surface area contributed by atoms with E-state index in [0.29, 0.717) is 22.4 Å². The SMILES string of the molecule is N#Cc1ccc(-c2ncccc2-c2cc(F)c(S(N)(=O)=O)c(F)c2)cc1. The summed E-state index contributed by atoms with van der Waals surface area (Å²) in [5.74, 6) is -2.56. The number of primary sulfonamides is 1. The van der Waals surface area contributed by atoms with Crippen molar-refractivity contribution in [2.24, 2.45) is 5.14 Å². The minimum atomic E-state index is -4.53. The largest absolute Gasteiger partial charge is 0.256 e. The summed E-state index contributed by atoms with van der Waals surface area (Å²) in [7, 11) is -4.53. The third-order valence-electron chi connectivity index (χ3n) is 3.69. The van der Waals surface area contributed by atoms with Gasteiger partial charge in [-0.2, -0.15) is 5.26 Å². The molecule has 0 aliphatic rings. The van der Waals surface area contributed by atoms with Crippen LogP contribution in [0.25, 0.3) is 22.4 Å². The Balaban J connectivity index is 2.19. The number of hydrogen-bond donors (Lipinski definition) is 1. The highest BCUT2D eigenvalue weighted by Gasteiger charge is 2.22. The van der Waals surface area contributed by atoms with Crippen LogP contribution in [0.5, 0.6) is 0 Å². The van der Waals surface area contributed by atoms with Crippen molar-refractivity contribution in [3.63, 3.8) is 0 Å². The molecule has 0 saturated heterocycles. The lowest BCUT2D eigenvalue weighted by Gasteiger charge is -2.11. The summed E-state index contributed by atoms with van der Waals surface area (Å²) in [5.41, 5.74) is 2.03.